The first-order valence-electron chi connectivity index (χ1n) is 7.09. The third-order valence-corrected chi connectivity index (χ3v) is 6.65. The first kappa shape index (κ1) is 16.5. The van der Waals surface area contributed by atoms with E-state index in [1.54, 1.807) is 0 Å². The number of aromatic nitrogens is 1. The lowest BCUT2D eigenvalue weighted by atomic mass is 10.1. The predicted octanol–water partition coefficient (Wildman–Crippen LogP) is 4.10. The van der Waals surface area contributed by atoms with Crippen LogP contribution in [0.5, 0.6) is 0 Å². The minimum atomic E-state index is -0.576. The molecule has 2 N–H and O–H groups in total. The summed E-state index contributed by atoms with van der Waals surface area (Å²) in [7, 11) is 1.31. The number of aryl methyl sites for hydroxylation is 1. The molecule has 7 heteroatoms. The van der Waals surface area contributed by atoms with Crippen LogP contribution in [0.25, 0.3) is 10.9 Å². The number of benzene rings is 1. The number of nitrogens with one attached hydrogen (secondary N) is 2. The van der Waals surface area contributed by atoms with Crippen LogP contribution in [0.2, 0.25) is 0 Å². The van der Waals surface area contributed by atoms with Gasteiger partial charge in [-0.1, -0.05) is 43.5 Å². The third-order valence-electron chi connectivity index (χ3n) is 4.34. The zero-order chi connectivity index (χ0) is 17.0. The summed E-state index contributed by atoms with van der Waals surface area (Å²) in [4.78, 5) is 27.7. The Morgan fingerprint density at radius 2 is 2.00 bits per heavy atom. The van der Waals surface area contributed by atoms with Gasteiger partial charge in [0.2, 0.25) is 5.91 Å². The van der Waals surface area contributed by atoms with E-state index in [2.05, 4.69) is 42.2 Å². The first-order valence-corrected chi connectivity index (χ1v) is 8.68. The van der Waals surface area contributed by atoms with E-state index in [1.165, 1.54) is 7.11 Å². The molecule has 3 rings (SSSR count). The number of halogens is 2. The van der Waals surface area contributed by atoms with Crippen LogP contribution in [0, 0.1) is 12.3 Å². The highest BCUT2D eigenvalue weighted by Gasteiger charge is 2.66. The Bertz CT molecular complexity index is 828. The molecule has 23 heavy (non-hydrogen) atoms. The summed E-state index contributed by atoms with van der Waals surface area (Å²) >= 11 is 6.98. The molecule has 1 amide bonds. The van der Waals surface area contributed by atoms with Gasteiger partial charge in [0.25, 0.3) is 0 Å². The maximum Gasteiger partial charge on any atom is 0.356 e. The molecular weight excluding hydrogens is 428 g/mol. The highest BCUT2D eigenvalue weighted by atomic mass is 79.9. The molecule has 5 nitrogen and oxygen atoms in total. The number of carbonyl (C=O) groups excluding carboxylic acids is 2. The van der Waals surface area contributed by atoms with Crippen molar-refractivity contribution in [3.05, 3.63) is 29.5 Å². The van der Waals surface area contributed by atoms with Crippen molar-refractivity contribution in [1.82, 2.24) is 4.98 Å². The number of amides is 1. The molecule has 1 aliphatic carbocycles. The summed E-state index contributed by atoms with van der Waals surface area (Å²) in [6.07, 6.45) is 0.667. The molecule has 1 atom stereocenters. The van der Waals surface area contributed by atoms with Crippen LogP contribution < -0.4 is 5.32 Å². The van der Waals surface area contributed by atoms with Gasteiger partial charge in [-0.3, -0.25) is 4.79 Å². The van der Waals surface area contributed by atoms with E-state index < -0.39 is 14.6 Å². The highest BCUT2D eigenvalue weighted by molar-refractivity contribution is 9.25. The Kier molecular flexibility index (Phi) is 3.84. The van der Waals surface area contributed by atoms with Crippen molar-refractivity contribution in [3.8, 4) is 0 Å². The summed E-state index contributed by atoms with van der Waals surface area (Å²) in [5.74, 6) is -0.669. The molecule has 0 radical (unpaired) electrons. The number of carbonyl (C=O) groups is 2. The van der Waals surface area contributed by atoms with Crippen molar-refractivity contribution in [2.75, 3.05) is 12.4 Å². The number of esters is 1. The SMILES string of the molecule is COC(=O)c1[nH]c2ccc(C)cc2c1NC(=O)C1(C)CC1(Br)Br. The summed E-state index contributed by atoms with van der Waals surface area (Å²) in [6.45, 7) is 3.82. The Morgan fingerprint density at radius 3 is 2.57 bits per heavy atom. The quantitative estimate of drug-likeness (QED) is 0.554. The molecule has 1 unspecified atom stereocenters. The van der Waals surface area contributed by atoms with Gasteiger partial charge in [0.1, 0.15) is 5.69 Å². The van der Waals surface area contributed by atoms with Crippen molar-refractivity contribution in [2.24, 2.45) is 5.41 Å². The van der Waals surface area contributed by atoms with Crippen LogP contribution in [0.3, 0.4) is 0 Å². The molecule has 0 spiro atoms. The Morgan fingerprint density at radius 1 is 1.35 bits per heavy atom. The molecule has 0 bridgehead atoms. The molecule has 1 fully saturated rings. The lowest BCUT2D eigenvalue weighted by Gasteiger charge is -2.13. The van der Waals surface area contributed by atoms with Gasteiger partial charge in [-0.2, -0.15) is 0 Å². The molecule has 1 heterocycles. The average molecular weight is 444 g/mol. The molecule has 1 saturated carbocycles. The topological polar surface area (TPSA) is 71.2 Å². The summed E-state index contributed by atoms with van der Waals surface area (Å²) < 4.78 is 4.42. The molecule has 0 aliphatic heterocycles. The van der Waals surface area contributed by atoms with Crippen molar-refractivity contribution < 1.29 is 14.3 Å². The van der Waals surface area contributed by atoms with E-state index in [4.69, 9.17) is 4.74 Å². The molecular formula is C16H16Br2N2O3. The number of aromatic amines is 1. The van der Waals surface area contributed by atoms with Gasteiger partial charge in [-0.15, -0.1) is 0 Å². The van der Waals surface area contributed by atoms with Gasteiger partial charge in [0.15, 0.2) is 0 Å². The maximum atomic E-state index is 12.7. The largest absolute Gasteiger partial charge is 0.464 e. The number of fused-ring (bicyclic) bond motifs is 1. The van der Waals surface area contributed by atoms with Gasteiger partial charge in [-0.05, 0) is 32.4 Å². The fourth-order valence-electron chi connectivity index (χ4n) is 2.59. The summed E-state index contributed by atoms with van der Waals surface area (Å²) in [5, 5.41) is 3.69. The highest BCUT2D eigenvalue weighted by Crippen LogP contribution is 2.66. The smallest absolute Gasteiger partial charge is 0.356 e. The molecule has 0 saturated heterocycles. The van der Waals surface area contributed by atoms with Crippen LogP contribution >= 0.6 is 31.9 Å². The van der Waals surface area contributed by atoms with Crippen molar-refractivity contribution >= 4 is 60.3 Å². The zero-order valence-electron chi connectivity index (χ0n) is 12.9. The second kappa shape index (κ2) is 5.34. The number of rotatable bonds is 3. The van der Waals surface area contributed by atoms with Crippen LogP contribution in [-0.2, 0) is 9.53 Å². The first-order chi connectivity index (χ1) is 10.7. The molecule has 122 valence electrons. The molecule has 1 aromatic heterocycles. The van der Waals surface area contributed by atoms with E-state index in [9.17, 15) is 9.59 Å². The van der Waals surface area contributed by atoms with Gasteiger partial charge < -0.3 is 15.0 Å². The minimum absolute atomic E-state index is 0.154. The number of H-pyrrole nitrogens is 1. The predicted molar refractivity (Wildman–Crippen MR) is 96.3 cm³/mol. The van der Waals surface area contributed by atoms with E-state index in [0.29, 0.717) is 12.1 Å². The Labute approximate surface area is 150 Å². The van der Waals surface area contributed by atoms with E-state index in [-0.39, 0.29) is 11.6 Å². The average Bonchev–Trinajstić information content (AvgIpc) is 2.85. The van der Waals surface area contributed by atoms with Crippen molar-refractivity contribution in [3.63, 3.8) is 0 Å². The number of ether oxygens (including phenoxy) is 1. The monoisotopic (exact) mass is 442 g/mol. The molecule has 2 aromatic rings. The minimum Gasteiger partial charge on any atom is -0.464 e. The number of hydrogen-bond acceptors (Lipinski definition) is 3. The Hall–Kier alpha value is -1.34. The van der Waals surface area contributed by atoms with Gasteiger partial charge in [0, 0.05) is 10.9 Å². The second-order valence-corrected chi connectivity index (χ2v) is 9.85. The van der Waals surface area contributed by atoms with Crippen molar-refractivity contribution in [1.29, 1.82) is 0 Å². The number of hydrogen-bond donors (Lipinski definition) is 2. The van der Waals surface area contributed by atoms with Crippen LogP contribution in [0.4, 0.5) is 5.69 Å². The van der Waals surface area contributed by atoms with Crippen molar-refractivity contribution in [2.45, 2.75) is 23.5 Å². The number of anilines is 1. The van der Waals surface area contributed by atoms with E-state index in [0.717, 1.165) is 16.5 Å². The lowest BCUT2D eigenvalue weighted by molar-refractivity contribution is -0.120. The number of alkyl halides is 2. The standard InChI is InChI=1S/C16H16Br2N2O3/c1-8-4-5-10-9(6-8)11(12(19-10)13(21)23-3)20-14(22)15(2)7-16(15,17)18/h4-6,19H,7H2,1-3H3,(H,20,22). The number of methoxy groups -OCH3 is 1. The summed E-state index contributed by atoms with van der Waals surface area (Å²) in [6, 6.07) is 5.75. The van der Waals surface area contributed by atoms with Gasteiger partial charge >= 0.3 is 5.97 Å². The van der Waals surface area contributed by atoms with Crippen LogP contribution in [-0.4, -0.2) is 27.2 Å². The van der Waals surface area contributed by atoms with E-state index >= 15 is 0 Å². The Balaban J connectivity index is 2.06. The molecule has 1 aliphatic rings. The maximum absolute atomic E-state index is 12.7. The van der Waals surface area contributed by atoms with E-state index in [1.807, 2.05) is 32.0 Å². The second-order valence-electron chi connectivity index (χ2n) is 6.08. The fraction of sp³-hybridized carbons (Fsp3) is 0.375. The van der Waals surface area contributed by atoms with Crippen LogP contribution in [0.15, 0.2) is 18.2 Å². The fourth-order valence-corrected chi connectivity index (χ4v) is 4.07. The van der Waals surface area contributed by atoms with Gasteiger partial charge in [0.05, 0.1) is 21.4 Å². The van der Waals surface area contributed by atoms with Crippen LogP contribution in [0.1, 0.15) is 29.4 Å². The lowest BCUT2D eigenvalue weighted by Crippen LogP contribution is -2.26. The normalized spacial score (nSPS) is 22.0. The zero-order valence-corrected chi connectivity index (χ0v) is 16.1. The van der Waals surface area contributed by atoms with Gasteiger partial charge in [-0.25, -0.2) is 4.79 Å². The summed E-state index contributed by atoms with van der Waals surface area (Å²) in [5.41, 5.74) is 1.95. The molecule has 1 aromatic carbocycles. The third kappa shape index (κ3) is 2.59.